The normalized spacial score (nSPS) is 11.4. The molecule has 0 aromatic heterocycles. The number of esters is 1. The lowest BCUT2D eigenvalue weighted by atomic mass is 10.1. The van der Waals surface area contributed by atoms with Gasteiger partial charge in [0.15, 0.2) is 5.92 Å². The highest BCUT2D eigenvalue weighted by Gasteiger charge is 2.21. The molecule has 13 heavy (non-hydrogen) atoms. The lowest BCUT2D eigenvalue weighted by Crippen LogP contribution is -2.18. The Morgan fingerprint density at radius 2 is 2.23 bits per heavy atom. The Bertz CT molecular complexity index is 231. The molecule has 1 N–H and O–H groups in total. The highest BCUT2D eigenvalue weighted by molar-refractivity contribution is 5.80. The fraction of sp³-hybridized carbons (Fsp3) is 0.625. The molecule has 5 nitrogen and oxygen atoms in total. The fourth-order valence-electron chi connectivity index (χ4n) is 0.630. The molecular formula is C8H11NO4. The predicted octanol–water partition coefficient (Wildman–Crippen LogP) is 0.554. The highest BCUT2D eigenvalue weighted by Crippen LogP contribution is 2.03. The summed E-state index contributed by atoms with van der Waals surface area (Å²) in [5.74, 6) is -3.24. The third-order valence-electron chi connectivity index (χ3n) is 1.29. The number of hydrogen-bond acceptors (Lipinski definition) is 4. The molecule has 0 heterocycles. The number of aliphatic carboxylic acids is 1. The summed E-state index contributed by atoms with van der Waals surface area (Å²) in [6, 6.07) is 1.51. The van der Waals surface area contributed by atoms with Crippen molar-refractivity contribution in [3.8, 4) is 6.07 Å². The summed E-state index contributed by atoms with van der Waals surface area (Å²) < 4.78 is 4.62. The van der Waals surface area contributed by atoms with Gasteiger partial charge in [-0.25, -0.2) is 0 Å². The Morgan fingerprint density at radius 1 is 1.62 bits per heavy atom. The van der Waals surface area contributed by atoms with Crippen LogP contribution in [0.5, 0.6) is 0 Å². The zero-order chi connectivity index (χ0) is 10.3. The zero-order valence-electron chi connectivity index (χ0n) is 7.32. The second kappa shape index (κ2) is 6.00. The van der Waals surface area contributed by atoms with E-state index < -0.39 is 17.9 Å². The number of carboxylic acid groups (broad SMARTS) is 1. The third-order valence-corrected chi connectivity index (χ3v) is 1.29. The van der Waals surface area contributed by atoms with Crippen molar-refractivity contribution >= 4 is 11.9 Å². The van der Waals surface area contributed by atoms with Gasteiger partial charge < -0.3 is 9.84 Å². The molecule has 0 aliphatic heterocycles. The van der Waals surface area contributed by atoms with Gasteiger partial charge in [0.05, 0.1) is 19.1 Å². The molecule has 0 fully saturated rings. The van der Waals surface area contributed by atoms with Crippen LogP contribution in [-0.2, 0) is 14.3 Å². The summed E-state index contributed by atoms with van der Waals surface area (Å²) in [7, 11) is 0. The van der Waals surface area contributed by atoms with Crippen LogP contribution in [-0.4, -0.2) is 23.7 Å². The van der Waals surface area contributed by atoms with Crippen LogP contribution in [0.25, 0.3) is 0 Å². The predicted molar refractivity (Wildman–Crippen MR) is 42.6 cm³/mol. The van der Waals surface area contributed by atoms with E-state index in [0.717, 1.165) is 0 Å². The van der Waals surface area contributed by atoms with Gasteiger partial charge in [0.25, 0.3) is 0 Å². The Morgan fingerprint density at radius 3 is 2.62 bits per heavy atom. The highest BCUT2D eigenvalue weighted by atomic mass is 16.5. The summed E-state index contributed by atoms with van der Waals surface area (Å²) in [5, 5.41) is 16.7. The quantitative estimate of drug-likeness (QED) is 0.632. The molecule has 0 bridgehead atoms. The van der Waals surface area contributed by atoms with Gasteiger partial charge in [0.1, 0.15) is 0 Å². The fourth-order valence-corrected chi connectivity index (χ4v) is 0.630. The Kier molecular flexibility index (Phi) is 5.28. The van der Waals surface area contributed by atoms with Crippen LogP contribution in [0.3, 0.4) is 0 Å². The van der Waals surface area contributed by atoms with Crippen molar-refractivity contribution < 1.29 is 19.4 Å². The van der Waals surface area contributed by atoms with Crippen LogP contribution >= 0.6 is 0 Å². The molecule has 0 rings (SSSR count). The van der Waals surface area contributed by atoms with Crippen molar-refractivity contribution in [2.75, 3.05) is 6.61 Å². The van der Waals surface area contributed by atoms with Crippen molar-refractivity contribution in [2.24, 2.45) is 5.92 Å². The smallest absolute Gasteiger partial charge is 0.321 e. The average molecular weight is 185 g/mol. The summed E-state index contributed by atoms with van der Waals surface area (Å²) in [6.45, 7) is 2.09. The Hall–Kier alpha value is -1.57. The minimum atomic E-state index is -1.30. The number of ether oxygens (including phenoxy) is 1. The van der Waals surface area contributed by atoms with Gasteiger partial charge in [0.2, 0.25) is 0 Å². The summed E-state index contributed by atoms with van der Waals surface area (Å²) >= 11 is 0. The van der Waals surface area contributed by atoms with Gasteiger partial charge in [0, 0.05) is 0 Å². The van der Waals surface area contributed by atoms with E-state index >= 15 is 0 Å². The largest absolute Gasteiger partial charge is 0.480 e. The van der Waals surface area contributed by atoms with Crippen molar-refractivity contribution in [3.63, 3.8) is 0 Å². The van der Waals surface area contributed by atoms with Gasteiger partial charge in [-0.15, -0.1) is 0 Å². The molecule has 0 spiro atoms. The first kappa shape index (κ1) is 11.4. The number of carbonyl (C=O) groups excluding carboxylic acids is 1. The van der Waals surface area contributed by atoms with E-state index in [0.29, 0.717) is 6.42 Å². The number of nitriles is 1. The average Bonchev–Trinajstić information content (AvgIpc) is 2.10. The molecule has 1 unspecified atom stereocenters. The van der Waals surface area contributed by atoms with E-state index in [2.05, 4.69) is 4.74 Å². The van der Waals surface area contributed by atoms with Gasteiger partial charge in [-0.05, 0) is 6.42 Å². The van der Waals surface area contributed by atoms with E-state index in [1.54, 1.807) is 0 Å². The first-order valence-electron chi connectivity index (χ1n) is 3.89. The van der Waals surface area contributed by atoms with Gasteiger partial charge in [-0.3, -0.25) is 9.59 Å². The number of carbonyl (C=O) groups is 2. The van der Waals surface area contributed by atoms with Gasteiger partial charge >= 0.3 is 11.9 Å². The summed E-state index contributed by atoms with van der Waals surface area (Å²) in [6.07, 6.45) is 0.294. The van der Waals surface area contributed by atoms with E-state index in [4.69, 9.17) is 10.4 Å². The van der Waals surface area contributed by atoms with Crippen molar-refractivity contribution in [1.82, 2.24) is 0 Å². The van der Waals surface area contributed by atoms with Crippen molar-refractivity contribution in [1.29, 1.82) is 5.26 Å². The maximum Gasteiger partial charge on any atom is 0.321 e. The van der Waals surface area contributed by atoms with Crippen molar-refractivity contribution in [2.45, 2.75) is 19.8 Å². The number of nitrogens with zero attached hydrogens (tertiary/aromatic N) is 1. The number of carboxylic acids is 1. The zero-order valence-corrected chi connectivity index (χ0v) is 7.32. The van der Waals surface area contributed by atoms with E-state index in [1.807, 2.05) is 6.92 Å². The van der Waals surface area contributed by atoms with Gasteiger partial charge in [-0.1, -0.05) is 6.92 Å². The second-order valence-electron chi connectivity index (χ2n) is 2.44. The maximum absolute atomic E-state index is 10.8. The van der Waals surface area contributed by atoms with E-state index in [9.17, 15) is 9.59 Å². The lowest BCUT2D eigenvalue weighted by Gasteiger charge is -2.03. The Balaban J connectivity index is 3.89. The molecule has 5 heteroatoms. The molecule has 1 atom stereocenters. The minimum absolute atomic E-state index is 0.261. The second-order valence-corrected chi connectivity index (χ2v) is 2.44. The van der Waals surface area contributed by atoms with Crippen LogP contribution in [0.4, 0.5) is 0 Å². The first-order chi connectivity index (χ1) is 6.11. The minimum Gasteiger partial charge on any atom is -0.480 e. The Labute approximate surface area is 75.9 Å². The third kappa shape index (κ3) is 4.80. The number of rotatable bonds is 5. The molecule has 0 amide bonds. The molecule has 0 aromatic rings. The van der Waals surface area contributed by atoms with Crippen LogP contribution < -0.4 is 0 Å². The molecule has 0 aliphatic rings. The molecule has 0 aromatic carbocycles. The van der Waals surface area contributed by atoms with E-state index in [-0.39, 0.29) is 13.0 Å². The maximum atomic E-state index is 10.8. The van der Waals surface area contributed by atoms with Crippen LogP contribution in [0.2, 0.25) is 0 Å². The molecule has 0 saturated heterocycles. The topological polar surface area (TPSA) is 87.4 Å². The molecule has 0 aliphatic carbocycles. The first-order valence-corrected chi connectivity index (χ1v) is 3.89. The van der Waals surface area contributed by atoms with Gasteiger partial charge in [-0.2, -0.15) is 5.26 Å². The monoisotopic (exact) mass is 185 g/mol. The van der Waals surface area contributed by atoms with E-state index in [1.165, 1.54) is 6.07 Å². The summed E-state index contributed by atoms with van der Waals surface area (Å²) in [4.78, 5) is 21.1. The molecular weight excluding hydrogens is 174 g/mol. The molecule has 72 valence electrons. The summed E-state index contributed by atoms with van der Waals surface area (Å²) in [5.41, 5.74) is 0. The molecule has 0 radical (unpaired) electrons. The molecule has 0 saturated carbocycles. The SMILES string of the molecule is CCCOC(=O)CC(C#N)C(=O)O. The van der Waals surface area contributed by atoms with Crippen LogP contribution in [0, 0.1) is 17.2 Å². The lowest BCUT2D eigenvalue weighted by molar-refractivity contribution is -0.149. The number of hydrogen-bond donors (Lipinski definition) is 1. The van der Waals surface area contributed by atoms with Crippen LogP contribution in [0.1, 0.15) is 19.8 Å². The standard InChI is InChI=1S/C8H11NO4/c1-2-3-13-7(10)4-6(5-9)8(11)12/h6H,2-4H2,1H3,(H,11,12). The van der Waals surface area contributed by atoms with Crippen molar-refractivity contribution in [3.05, 3.63) is 0 Å². The van der Waals surface area contributed by atoms with Crippen LogP contribution in [0.15, 0.2) is 0 Å².